The molecule has 3 rings (SSSR count). The predicted octanol–water partition coefficient (Wildman–Crippen LogP) is 4.84. The van der Waals surface area contributed by atoms with E-state index in [-0.39, 0.29) is 29.1 Å². The molecule has 0 heterocycles. The van der Waals surface area contributed by atoms with E-state index in [1.807, 2.05) is 71.0 Å². The van der Waals surface area contributed by atoms with Crippen LogP contribution in [0.25, 0.3) is 0 Å². The first kappa shape index (κ1) is 30.7. The summed E-state index contributed by atoms with van der Waals surface area (Å²) in [6.45, 7) is 8.88. The first-order chi connectivity index (χ1) is 19.0. The number of aryl methyl sites for hydroxylation is 2. The zero-order chi connectivity index (χ0) is 29.4. The van der Waals surface area contributed by atoms with Gasteiger partial charge in [-0.05, 0) is 69.5 Å². The number of rotatable bonds is 12. The van der Waals surface area contributed by atoms with Gasteiger partial charge in [-0.15, -0.1) is 0 Å². The lowest BCUT2D eigenvalue weighted by atomic mass is 10.1. The molecule has 8 nitrogen and oxygen atoms in total. The van der Waals surface area contributed by atoms with Gasteiger partial charge in [0.15, 0.2) is 0 Å². The van der Waals surface area contributed by atoms with Gasteiger partial charge in [0.2, 0.25) is 11.8 Å². The summed E-state index contributed by atoms with van der Waals surface area (Å²) in [5, 5.41) is 2.90. The maximum atomic E-state index is 14.1. The second-order valence-electron chi connectivity index (χ2n) is 10.1. The van der Waals surface area contributed by atoms with E-state index in [1.54, 1.807) is 24.3 Å². The molecule has 1 N–H and O–H groups in total. The minimum Gasteiger partial charge on any atom is -0.495 e. The molecule has 0 saturated heterocycles. The first-order valence-corrected chi connectivity index (χ1v) is 14.8. The van der Waals surface area contributed by atoms with Crippen LogP contribution in [0.15, 0.2) is 77.7 Å². The predicted molar refractivity (Wildman–Crippen MR) is 158 cm³/mol. The van der Waals surface area contributed by atoms with Gasteiger partial charge in [-0.25, -0.2) is 8.42 Å². The summed E-state index contributed by atoms with van der Waals surface area (Å²) >= 11 is 0. The summed E-state index contributed by atoms with van der Waals surface area (Å²) in [6, 6.07) is 20.1. The fraction of sp³-hybridized carbons (Fsp3) is 0.355. The highest BCUT2D eigenvalue weighted by Gasteiger charge is 2.35. The fourth-order valence-corrected chi connectivity index (χ4v) is 5.84. The van der Waals surface area contributed by atoms with E-state index in [4.69, 9.17) is 4.74 Å². The molecule has 0 fully saturated rings. The molecule has 0 spiro atoms. The molecule has 0 aromatic heterocycles. The zero-order valence-corrected chi connectivity index (χ0v) is 24.9. The smallest absolute Gasteiger partial charge is 0.264 e. The quantitative estimate of drug-likeness (QED) is 0.339. The van der Waals surface area contributed by atoms with E-state index in [1.165, 1.54) is 24.1 Å². The van der Waals surface area contributed by atoms with Crippen molar-refractivity contribution >= 4 is 27.5 Å². The molecule has 0 bridgehead atoms. The molecule has 214 valence electrons. The topological polar surface area (TPSA) is 96.0 Å². The third-order valence-electron chi connectivity index (χ3n) is 6.50. The molecule has 2 amide bonds. The summed E-state index contributed by atoms with van der Waals surface area (Å²) < 4.78 is 34.8. The minimum atomic E-state index is -4.19. The van der Waals surface area contributed by atoms with Crippen LogP contribution in [0.2, 0.25) is 0 Å². The number of carbonyl (C=O) groups excluding carboxylic acids is 2. The third-order valence-corrected chi connectivity index (χ3v) is 8.28. The normalized spacial score (nSPS) is 12.1. The zero-order valence-electron chi connectivity index (χ0n) is 24.0. The van der Waals surface area contributed by atoms with E-state index >= 15 is 0 Å². The molecule has 3 aromatic carbocycles. The number of nitrogens with one attached hydrogen (secondary N) is 1. The average Bonchev–Trinajstić information content (AvgIpc) is 2.91. The highest BCUT2D eigenvalue weighted by atomic mass is 32.2. The highest BCUT2D eigenvalue weighted by molar-refractivity contribution is 7.92. The molecule has 0 unspecified atom stereocenters. The molecule has 9 heteroatoms. The molecule has 0 aliphatic carbocycles. The van der Waals surface area contributed by atoms with Gasteiger partial charge in [-0.3, -0.25) is 13.9 Å². The van der Waals surface area contributed by atoms with Gasteiger partial charge < -0.3 is 15.0 Å². The van der Waals surface area contributed by atoms with E-state index in [9.17, 15) is 18.0 Å². The van der Waals surface area contributed by atoms with Crippen molar-refractivity contribution in [3.05, 3.63) is 89.5 Å². The summed E-state index contributed by atoms with van der Waals surface area (Å²) in [4.78, 5) is 28.9. The van der Waals surface area contributed by atoms with Crippen LogP contribution in [0.1, 0.15) is 43.9 Å². The van der Waals surface area contributed by atoms with Crippen molar-refractivity contribution in [2.24, 2.45) is 0 Å². The molecule has 0 aliphatic rings. The van der Waals surface area contributed by atoms with Gasteiger partial charge >= 0.3 is 0 Å². The van der Waals surface area contributed by atoms with E-state index in [0.29, 0.717) is 12.2 Å². The lowest BCUT2D eigenvalue weighted by molar-refractivity contribution is -0.140. The molecule has 0 aliphatic heterocycles. The maximum Gasteiger partial charge on any atom is 0.264 e. The Morgan fingerprint density at radius 3 is 2.12 bits per heavy atom. The number of carbonyl (C=O) groups is 2. The van der Waals surface area contributed by atoms with Crippen LogP contribution in [0.4, 0.5) is 5.69 Å². The van der Waals surface area contributed by atoms with Crippen molar-refractivity contribution in [2.75, 3.05) is 18.0 Å². The minimum absolute atomic E-state index is 0.0497. The van der Waals surface area contributed by atoms with Crippen LogP contribution in [-0.2, 0) is 26.2 Å². The van der Waals surface area contributed by atoms with Crippen LogP contribution in [-0.4, -0.2) is 50.9 Å². The Morgan fingerprint density at radius 1 is 0.925 bits per heavy atom. The van der Waals surface area contributed by atoms with Crippen molar-refractivity contribution in [1.82, 2.24) is 10.2 Å². The van der Waals surface area contributed by atoms with Gasteiger partial charge in [0.25, 0.3) is 10.0 Å². The molecular weight excluding hydrogens is 526 g/mol. The average molecular weight is 566 g/mol. The second-order valence-corrected chi connectivity index (χ2v) is 12.0. The number of benzene rings is 3. The second kappa shape index (κ2) is 13.5. The number of nitrogens with zero attached hydrogens (tertiary/aromatic N) is 2. The molecule has 0 radical (unpaired) electrons. The van der Waals surface area contributed by atoms with Crippen molar-refractivity contribution in [1.29, 1.82) is 0 Å². The van der Waals surface area contributed by atoms with Crippen LogP contribution in [0.5, 0.6) is 5.75 Å². The van der Waals surface area contributed by atoms with Gasteiger partial charge in [0.1, 0.15) is 18.3 Å². The van der Waals surface area contributed by atoms with Crippen LogP contribution >= 0.6 is 0 Å². The summed E-state index contributed by atoms with van der Waals surface area (Å²) in [5.41, 5.74) is 2.78. The highest BCUT2D eigenvalue weighted by Crippen LogP contribution is 2.34. The van der Waals surface area contributed by atoms with Gasteiger partial charge in [0.05, 0.1) is 17.7 Å². The number of ether oxygens (including phenoxy) is 1. The van der Waals surface area contributed by atoms with E-state index < -0.39 is 28.5 Å². The van der Waals surface area contributed by atoms with Gasteiger partial charge in [-0.2, -0.15) is 0 Å². The van der Waals surface area contributed by atoms with Crippen molar-refractivity contribution in [3.63, 3.8) is 0 Å². The largest absolute Gasteiger partial charge is 0.495 e. The van der Waals surface area contributed by atoms with E-state index in [0.717, 1.165) is 21.0 Å². The standard InChI is InChI=1S/C31H39N3O5S/c1-7-27(31(36)32-22(2)3)33(20-25-11-9-8-10-12-25)30(35)21-34(28-19-24(5)15-18-29(28)39-6)40(37,38)26-16-13-23(4)14-17-26/h8-19,22,27H,7,20-21H2,1-6H3,(H,32,36)/t27-/m0/s1. The Bertz CT molecular complexity index is 1410. The molecule has 3 aromatic rings. The third kappa shape index (κ3) is 7.41. The van der Waals surface area contributed by atoms with Gasteiger partial charge in [-0.1, -0.05) is 61.0 Å². The lowest BCUT2D eigenvalue weighted by Crippen LogP contribution is -2.53. The van der Waals surface area contributed by atoms with Crippen molar-refractivity contribution in [2.45, 2.75) is 64.6 Å². The number of hydrogen-bond acceptors (Lipinski definition) is 5. The maximum absolute atomic E-state index is 14.1. The Morgan fingerprint density at radius 2 is 1.55 bits per heavy atom. The first-order valence-electron chi connectivity index (χ1n) is 13.4. The van der Waals surface area contributed by atoms with Crippen molar-refractivity contribution < 1.29 is 22.7 Å². The number of amides is 2. The van der Waals surface area contributed by atoms with Crippen LogP contribution < -0.4 is 14.4 Å². The fourth-order valence-electron chi connectivity index (χ4n) is 4.43. The van der Waals surface area contributed by atoms with Crippen molar-refractivity contribution in [3.8, 4) is 5.75 Å². The molecule has 1 atom stereocenters. The number of methoxy groups -OCH3 is 1. The monoisotopic (exact) mass is 565 g/mol. The molecule has 40 heavy (non-hydrogen) atoms. The summed E-state index contributed by atoms with van der Waals surface area (Å²) in [6.07, 6.45) is 0.357. The lowest BCUT2D eigenvalue weighted by Gasteiger charge is -2.34. The molecular formula is C31H39N3O5S. The summed E-state index contributed by atoms with van der Waals surface area (Å²) in [7, 11) is -2.73. The molecule has 0 saturated carbocycles. The Kier molecular flexibility index (Phi) is 10.3. The Balaban J connectivity index is 2.12. The number of hydrogen-bond donors (Lipinski definition) is 1. The Hall–Kier alpha value is -3.85. The number of sulfonamides is 1. The Labute approximate surface area is 238 Å². The van der Waals surface area contributed by atoms with Crippen LogP contribution in [0, 0.1) is 13.8 Å². The summed E-state index contributed by atoms with van der Waals surface area (Å²) in [5.74, 6) is -0.481. The van der Waals surface area contributed by atoms with E-state index in [2.05, 4.69) is 5.32 Å². The van der Waals surface area contributed by atoms with Gasteiger partial charge in [0, 0.05) is 12.6 Å². The number of anilines is 1. The SMILES string of the molecule is CC[C@@H](C(=O)NC(C)C)N(Cc1ccccc1)C(=O)CN(c1cc(C)ccc1OC)S(=O)(=O)c1ccc(C)cc1. The van der Waals surface area contributed by atoms with Crippen LogP contribution in [0.3, 0.4) is 0 Å².